The summed E-state index contributed by atoms with van der Waals surface area (Å²) >= 11 is 0. The van der Waals surface area contributed by atoms with Gasteiger partial charge in [-0.05, 0) is 28.1 Å². The van der Waals surface area contributed by atoms with Crippen molar-refractivity contribution in [2.45, 2.75) is 0 Å². The standard InChI is InChI=1S/C12H8FN3O3/c13-11-9(6-7-10(15-11)16(18)19)14-12(17)8-4-2-1-3-5-8/h1-7H,(H,14,17). The zero-order chi connectivity index (χ0) is 13.8. The van der Waals surface area contributed by atoms with E-state index in [0.29, 0.717) is 5.56 Å². The first-order valence-electron chi connectivity index (χ1n) is 5.25. The zero-order valence-corrected chi connectivity index (χ0v) is 9.54. The molecule has 0 radical (unpaired) electrons. The SMILES string of the molecule is O=C(Nc1ccc([N+](=O)[O-])nc1F)c1ccccc1. The molecule has 6 nitrogen and oxygen atoms in total. The van der Waals surface area contributed by atoms with E-state index < -0.39 is 22.6 Å². The molecule has 1 heterocycles. The van der Waals surface area contributed by atoms with Crippen molar-refractivity contribution < 1.29 is 14.1 Å². The molecule has 0 aliphatic rings. The molecule has 0 saturated carbocycles. The molecule has 0 fully saturated rings. The van der Waals surface area contributed by atoms with Gasteiger partial charge in [-0.1, -0.05) is 18.2 Å². The number of aromatic nitrogens is 1. The summed E-state index contributed by atoms with van der Waals surface area (Å²) in [6.07, 6.45) is 0. The molecule has 0 spiro atoms. The van der Waals surface area contributed by atoms with E-state index in [4.69, 9.17) is 0 Å². The van der Waals surface area contributed by atoms with Gasteiger partial charge in [0, 0.05) is 11.6 Å². The summed E-state index contributed by atoms with van der Waals surface area (Å²) < 4.78 is 13.5. The summed E-state index contributed by atoms with van der Waals surface area (Å²) in [5.74, 6) is -2.23. The topological polar surface area (TPSA) is 85.1 Å². The molecule has 7 heteroatoms. The summed E-state index contributed by atoms with van der Waals surface area (Å²) in [5, 5.41) is 12.7. The lowest BCUT2D eigenvalue weighted by Crippen LogP contribution is -2.13. The highest BCUT2D eigenvalue weighted by atomic mass is 19.1. The Kier molecular flexibility index (Phi) is 3.46. The summed E-state index contributed by atoms with van der Waals surface area (Å²) in [4.78, 5) is 24.5. The van der Waals surface area contributed by atoms with Gasteiger partial charge < -0.3 is 15.4 Å². The van der Waals surface area contributed by atoms with Crippen LogP contribution in [-0.2, 0) is 0 Å². The zero-order valence-electron chi connectivity index (χ0n) is 9.54. The second-order valence-electron chi connectivity index (χ2n) is 3.59. The summed E-state index contributed by atoms with van der Waals surface area (Å²) in [7, 11) is 0. The number of pyridine rings is 1. The molecule has 0 aliphatic carbocycles. The maximum atomic E-state index is 13.5. The van der Waals surface area contributed by atoms with Crippen LogP contribution in [0.3, 0.4) is 0 Å². The maximum Gasteiger partial charge on any atom is 0.367 e. The van der Waals surface area contributed by atoms with E-state index >= 15 is 0 Å². The number of carbonyl (C=O) groups is 1. The van der Waals surface area contributed by atoms with Gasteiger partial charge >= 0.3 is 11.8 Å². The van der Waals surface area contributed by atoms with Crippen molar-refractivity contribution in [2.75, 3.05) is 5.32 Å². The Balaban J connectivity index is 2.20. The van der Waals surface area contributed by atoms with Crippen LogP contribution in [0.1, 0.15) is 10.4 Å². The number of hydrogen-bond donors (Lipinski definition) is 1. The van der Waals surface area contributed by atoms with Crippen LogP contribution in [0.25, 0.3) is 0 Å². The Morgan fingerprint density at radius 3 is 2.47 bits per heavy atom. The molecule has 0 aliphatic heterocycles. The Labute approximate surface area is 107 Å². The number of benzene rings is 1. The number of rotatable bonds is 3. The molecule has 1 N–H and O–H groups in total. The van der Waals surface area contributed by atoms with E-state index in [2.05, 4.69) is 10.3 Å². The maximum absolute atomic E-state index is 13.5. The van der Waals surface area contributed by atoms with Crippen LogP contribution in [-0.4, -0.2) is 15.8 Å². The number of nitrogens with zero attached hydrogens (tertiary/aromatic N) is 2. The lowest BCUT2D eigenvalue weighted by atomic mass is 10.2. The molecular weight excluding hydrogens is 253 g/mol. The van der Waals surface area contributed by atoms with E-state index in [1.54, 1.807) is 30.3 Å². The van der Waals surface area contributed by atoms with Crippen molar-refractivity contribution in [3.05, 3.63) is 64.1 Å². The quantitative estimate of drug-likeness (QED) is 0.522. The third-order valence-electron chi connectivity index (χ3n) is 2.31. The lowest BCUT2D eigenvalue weighted by molar-refractivity contribution is -0.389. The third kappa shape index (κ3) is 2.89. The Bertz CT molecular complexity index is 631. The second kappa shape index (κ2) is 5.21. The first kappa shape index (κ1) is 12.6. The highest BCUT2D eigenvalue weighted by Gasteiger charge is 2.17. The number of carbonyl (C=O) groups excluding carboxylic acids is 1. The number of anilines is 1. The van der Waals surface area contributed by atoms with Crippen LogP contribution in [0.2, 0.25) is 0 Å². The monoisotopic (exact) mass is 261 g/mol. The predicted octanol–water partition coefficient (Wildman–Crippen LogP) is 2.38. The van der Waals surface area contributed by atoms with Gasteiger partial charge in [0.05, 0.1) is 0 Å². The minimum atomic E-state index is -1.10. The molecule has 0 saturated heterocycles. The fourth-order valence-corrected chi connectivity index (χ4v) is 1.40. The summed E-state index contributed by atoms with van der Waals surface area (Å²) in [6, 6.07) is 10.3. The Hall–Kier alpha value is -2.83. The third-order valence-corrected chi connectivity index (χ3v) is 2.31. The number of nitrogens with one attached hydrogen (secondary N) is 1. The van der Waals surface area contributed by atoms with Crippen LogP contribution in [0.5, 0.6) is 0 Å². The Morgan fingerprint density at radius 2 is 1.89 bits per heavy atom. The van der Waals surface area contributed by atoms with Gasteiger partial charge in [0.25, 0.3) is 5.91 Å². The first-order valence-corrected chi connectivity index (χ1v) is 5.25. The fourth-order valence-electron chi connectivity index (χ4n) is 1.40. The van der Waals surface area contributed by atoms with Crippen LogP contribution >= 0.6 is 0 Å². The van der Waals surface area contributed by atoms with Crippen molar-refractivity contribution in [2.24, 2.45) is 0 Å². The van der Waals surface area contributed by atoms with E-state index in [-0.39, 0.29) is 5.69 Å². The second-order valence-corrected chi connectivity index (χ2v) is 3.59. The van der Waals surface area contributed by atoms with Gasteiger partial charge in [-0.3, -0.25) is 4.79 Å². The van der Waals surface area contributed by atoms with Crippen molar-refractivity contribution in [1.29, 1.82) is 0 Å². The van der Waals surface area contributed by atoms with Crippen molar-refractivity contribution >= 4 is 17.4 Å². The number of nitro groups is 1. The highest BCUT2D eigenvalue weighted by Crippen LogP contribution is 2.17. The van der Waals surface area contributed by atoms with Gasteiger partial charge in [0.15, 0.2) is 0 Å². The molecular formula is C12H8FN3O3. The van der Waals surface area contributed by atoms with E-state index in [9.17, 15) is 19.3 Å². The molecule has 1 amide bonds. The number of hydrogen-bond acceptors (Lipinski definition) is 4. The summed E-state index contributed by atoms with van der Waals surface area (Å²) in [5.41, 5.74) is 0.139. The van der Waals surface area contributed by atoms with Gasteiger partial charge in [0.2, 0.25) is 0 Å². The molecule has 1 aromatic carbocycles. The minimum absolute atomic E-state index is 0.209. The van der Waals surface area contributed by atoms with E-state index in [1.165, 1.54) is 0 Å². The average molecular weight is 261 g/mol. The van der Waals surface area contributed by atoms with E-state index in [0.717, 1.165) is 12.1 Å². The lowest BCUT2D eigenvalue weighted by Gasteiger charge is -2.03. The van der Waals surface area contributed by atoms with Crippen LogP contribution < -0.4 is 5.32 Å². The van der Waals surface area contributed by atoms with Crippen LogP contribution in [0.15, 0.2) is 42.5 Å². The largest absolute Gasteiger partial charge is 0.367 e. The van der Waals surface area contributed by atoms with Gasteiger partial charge in [-0.2, -0.15) is 4.39 Å². The van der Waals surface area contributed by atoms with Crippen molar-refractivity contribution in [3.63, 3.8) is 0 Å². The van der Waals surface area contributed by atoms with E-state index in [1.807, 2.05) is 0 Å². The summed E-state index contributed by atoms with van der Waals surface area (Å²) in [6.45, 7) is 0. The first-order chi connectivity index (χ1) is 9.08. The minimum Gasteiger partial charge on any atom is -0.358 e. The molecule has 0 bridgehead atoms. The fraction of sp³-hybridized carbons (Fsp3) is 0. The van der Waals surface area contributed by atoms with Gasteiger partial charge in [-0.15, -0.1) is 0 Å². The molecule has 1 aromatic heterocycles. The molecule has 2 rings (SSSR count). The van der Waals surface area contributed by atoms with Crippen molar-refractivity contribution in [1.82, 2.24) is 4.98 Å². The van der Waals surface area contributed by atoms with Crippen molar-refractivity contribution in [3.8, 4) is 0 Å². The normalized spacial score (nSPS) is 9.95. The number of amides is 1. The van der Waals surface area contributed by atoms with Gasteiger partial charge in [-0.25, -0.2) is 0 Å². The average Bonchev–Trinajstić information content (AvgIpc) is 2.41. The number of halogens is 1. The molecule has 2 aromatic rings. The molecule has 96 valence electrons. The Morgan fingerprint density at radius 1 is 1.21 bits per heavy atom. The van der Waals surface area contributed by atoms with Gasteiger partial charge in [0.1, 0.15) is 5.69 Å². The van der Waals surface area contributed by atoms with Crippen LogP contribution in [0.4, 0.5) is 15.9 Å². The van der Waals surface area contributed by atoms with Crippen LogP contribution in [0, 0.1) is 16.1 Å². The molecule has 19 heavy (non-hydrogen) atoms. The smallest absolute Gasteiger partial charge is 0.358 e. The predicted molar refractivity (Wildman–Crippen MR) is 65.2 cm³/mol. The molecule has 0 unspecified atom stereocenters. The molecule has 0 atom stereocenters. The highest BCUT2D eigenvalue weighted by molar-refractivity contribution is 6.04.